The standard InChI is InChI=1S/C18H22N2O5/c1-13-9-17(25-15(13)10-21)19-8-7-16(22)20(18(19)23)12-24-11-14-5-3-2-4-6-14/h2-8,13,15,17,21H,9-12H2,1H3. The summed E-state index contributed by atoms with van der Waals surface area (Å²) < 4.78 is 13.7. The van der Waals surface area contributed by atoms with Crippen LogP contribution in [0.3, 0.4) is 0 Å². The number of rotatable bonds is 6. The van der Waals surface area contributed by atoms with E-state index in [0.717, 1.165) is 10.1 Å². The van der Waals surface area contributed by atoms with Crippen molar-refractivity contribution < 1.29 is 14.6 Å². The minimum Gasteiger partial charge on any atom is -0.394 e. The normalized spacial score (nSPS) is 23.0. The van der Waals surface area contributed by atoms with E-state index in [4.69, 9.17) is 9.47 Å². The van der Waals surface area contributed by atoms with Gasteiger partial charge in [0, 0.05) is 12.3 Å². The van der Waals surface area contributed by atoms with Gasteiger partial charge in [-0.05, 0) is 17.9 Å². The van der Waals surface area contributed by atoms with Crippen LogP contribution >= 0.6 is 0 Å². The Balaban J connectivity index is 1.74. The predicted molar refractivity (Wildman–Crippen MR) is 91.0 cm³/mol. The second-order valence-electron chi connectivity index (χ2n) is 6.26. The lowest BCUT2D eigenvalue weighted by Gasteiger charge is -2.16. The van der Waals surface area contributed by atoms with Crippen LogP contribution in [-0.2, 0) is 22.8 Å². The zero-order chi connectivity index (χ0) is 17.8. The summed E-state index contributed by atoms with van der Waals surface area (Å²) in [5.74, 6) is 0.136. The van der Waals surface area contributed by atoms with Crippen molar-refractivity contribution in [2.24, 2.45) is 5.92 Å². The number of aromatic nitrogens is 2. The van der Waals surface area contributed by atoms with Crippen molar-refractivity contribution in [2.75, 3.05) is 6.61 Å². The monoisotopic (exact) mass is 346 g/mol. The van der Waals surface area contributed by atoms with Gasteiger partial charge >= 0.3 is 5.69 Å². The SMILES string of the molecule is CC1CC(n2ccc(=O)n(COCc3ccccc3)c2=O)OC1CO. The topological polar surface area (TPSA) is 82.7 Å². The van der Waals surface area contributed by atoms with E-state index in [2.05, 4.69) is 0 Å². The van der Waals surface area contributed by atoms with Crippen molar-refractivity contribution in [3.63, 3.8) is 0 Å². The number of nitrogens with zero attached hydrogens (tertiary/aromatic N) is 2. The van der Waals surface area contributed by atoms with Crippen molar-refractivity contribution in [3.8, 4) is 0 Å². The zero-order valence-electron chi connectivity index (χ0n) is 14.1. The van der Waals surface area contributed by atoms with E-state index in [0.29, 0.717) is 13.0 Å². The molecule has 3 rings (SSSR count). The average molecular weight is 346 g/mol. The van der Waals surface area contributed by atoms with Crippen LogP contribution in [0.15, 0.2) is 52.2 Å². The molecule has 134 valence electrons. The Morgan fingerprint density at radius 1 is 1.24 bits per heavy atom. The molecule has 1 fully saturated rings. The summed E-state index contributed by atoms with van der Waals surface area (Å²) in [7, 11) is 0. The van der Waals surface area contributed by atoms with E-state index >= 15 is 0 Å². The lowest BCUT2D eigenvalue weighted by Crippen LogP contribution is -2.41. The van der Waals surface area contributed by atoms with Crippen LogP contribution in [0.5, 0.6) is 0 Å². The van der Waals surface area contributed by atoms with Crippen LogP contribution in [0.4, 0.5) is 0 Å². The van der Waals surface area contributed by atoms with Gasteiger partial charge in [-0.3, -0.25) is 9.36 Å². The summed E-state index contributed by atoms with van der Waals surface area (Å²) >= 11 is 0. The van der Waals surface area contributed by atoms with Gasteiger partial charge < -0.3 is 14.6 Å². The largest absolute Gasteiger partial charge is 0.394 e. The number of aliphatic hydroxyl groups excluding tert-OH is 1. The third kappa shape index (κ3) is 3.89. The molecule has 1 aliphatic rings. The highest BCUT2D eigenvalue weighted by molar-refractivity contribution is 5.13. The van der Waals surface area contributed by atoms with Crippen LogP contribution < -0.4 is 11.2 Å². The van der Waals surface area contributed by atoms with Crippen LogP contribution in [0, 0.1) is 5.92 Å². The van der Waals surface area contributed by atoms with Gasteiger partial charge in [-0.25, -0.2) is 9.36 Å². The molecule has 1 saturated heterocycles. The molecular formula is C18H22N2O5. The molecule has 7 heteroatoms. The van der Waals surface area contributed by atoms with Crippen molar-refractivity contribution in [2.45, 2.75) is 39.0 Å². The molecule has 3 atom stereocenters. The highest BCUT2D eigenvalue weighted by Crippen LogP contribution is 2.31. The lowest BCUT2D eigenvalue weighted by atomic mass is 10.0. The van der Waals surface area contributed by atoms with Gasteiger partial charge in [-0.1, -0.05) is 37.3 Å². The molecule has 7 nitrogen and oxygen atoms in total. The highest BCUT2D eigenvalue weighted by Gasteiger charge is 2.33. The fourth-order valence-corrected chi connectivity index (χ4v) is 2.96. The first kappa shape index (κ1) is 17.6. The maximum atomic E-state index is 12.6. The van der Waals surface area contributed by atoms with E-state index in [-0.39, 0.29) is 25.4 Å². The second-order valence-corrected chi connectivity index (χ2v) is 6.26. The van der Waals surface area contributed by atoms with Gasteiger partial charge in [0.15, 0.2) is 0 Å². The first-order valence-electron chi connectivity index (χ1n) is 8.30. The number of hydrogen-bond donors (Lipinski definition) is 1. The Bertz CT molecular complexity index is 814. The molecule has 2 heterocycles. The molecule has 0 spiro atoms. The summed E-state index contributed by atoms with van der Waals surface area (Å²) in [4.78, 5) is 24.6. The van der Waals surface area contributed by atoms with Crippen LogP contribution in [-0.4, -0.2) is 27.0 Å². The van der Waals surface area contributed by atoms with Crippen LogP contribution in [0.1, 0.15) is 25.1 Å². The van der Waals surface area contributed by atoms with Crippen molar-refractivity contribution in [1.82, 2.24) is 9.13 Å². The molecular weight excluding hydrogens is 324 g/mol. The third-order valence-corrected chi connectivity index (χ3v) is 4.46. The fourth-order valence-electron chi connectivity index (χ4n) is 2.96. The maximum Gasteiger partial charge on any atom is 0.335 e. The molecule has 1 aromatic heterocycles. The molecule has 0 aliphatic carbocycles. The van der Waals surface area contributed by atoms with Gasteiger partial charge in [-0.15, -0.1) is 0 Å². The number of ether oxygens (including phenoxy) is 2. The number of hydrogen-bond acceptors (Lipinski definition) is 5. The minimum atomic E-state index is -0.486. The quantitative estimate of drug-likeness (QED) is 0.847. The van der Waals surface area contributed by atoms with Gasteiger partial charge in [0.1, 0.15) is 13.0 Å². The molecule has 1 aliphatic heterocycles. The third-order valence-electron chi connectivity index (χ3n) is 4.46. The predicted octanol–water partition coefficient (Wildman–Crippen LogP) is 1.10. The van der Waals surface area contributed by atoms with Crippen LogP contribution in [0.2, 0.25) is 0 Å². The minimum absolute atomic E-state index is 0.0910. The average Bonchev–Trinajstić information content (AvgIpc) is 2.99. The van der Waals surface area contributed by atoms with Crippen LogP contribution in [0.25, 0.3) is 0 Å². The van der Waals surface area contributed by atoms with E-state index in [1.807, 2.05) is 37.3 Å². The van der Waals surface area contributed by atoms with Gasteiger partial charge in [0.05, 0.1) is 19.3 Å². The van der Waals surface area contributed by atoms with E-state index in [1.165, 1.54) is 16.8 Å². The lowest BCUT2D eigenvalue weighted by molar-refractivity contribution is -0.0331. The van der Waals surface area contributed by atoms with Gasteiger partial charge in [0.2, 0.25) is 0 Å². The Labute approximate surface area is 145 Å². The number of aliphatic hydroxyl groups is 1. The molecule has 0 radical (unpaired) electrons. The molecule has 0 amide bonds. The Kier molecular flexibility index (Phi) is 5.47. The molecule has 25 heavy (non-hydrogen) atoms. The van der Waals surface area contributed by atoms with Crippen molar-refractivity contribution >= 4 is 0 Å². The smallest absolute Gasteiger partial charge is 0.335 e. The molecule has 0 bridgehead atoms. The van der Waals surface area contributed by atoms with Crippen molar-refractivity contribution in [1.29, 1.82) is 0 Å². The van der Waals surface area contributed by atoms with Crippen molar-refractivity contribution in [3.05, 3.63) is 69.0 Å². The van der Waals surface area contributed by atoms with E-state index in [9.17, 15) is 14.7 Å². The summed E-state index contributed by atoms with van der Waals surface area (Å²) in [5, 5.41) is 9.31. The first-order chi connectivity index (χ1) is 12.1. The van der Waals surface area contributed by atoms with Gasteiger partial charge in [0.25, 0.3) is 5.56 Å². The molecule has 2 aromatic rings. The second kappa shape index (κ2) is 7.77. The van der Waals surface area contributed by atoms with E-state index in [1.54, 1.807) is 0 Å². The molecule has 1 aromatic carbocycles. The Hall–Kier alpha value is -2.22. The fraction of sp³-hybridized carbons (Fsp3) is 0.444. The molecule has 0 saturated carbocycles. The summed E-state index contributed by atoms with van der Waals surface area (Å²) in [6.45, 7) is 2.06. The molecule has 1 N–H and O–H groups in total. The zero-order valence-corrected chi connectivity index (χ0v) is 14.1. The number of benzene rings is 1. The Morgan fingerprint density at radius 2 is 2.00 bits per heavy atom. The summed E-state index contributed by atoms with van der Waals surface area (Å²) in [6.07, 6.45) is 1.26. The highest BCUT2D eigenvalue weighted by atomic mass is 16.5. The van der Waals surface area contributed by atoms with Gasteiger partial charge in [-0.2, -0.15) is 0 Å². The molecule has 3 unspecified atom stereocenters. The Morgan fingerprint density at radius 3 is 2.68 bits per heavy atom. The first-order valence-corrected chi connectivity index (χ1v) is 8.30. The maximum absolute atomic E-state index is 12.6. The van der Waals surface area contributed by atoms with E-state index < -0.39 is 17.5 Å². The summed E-state index contributed by atoms with van der Waals surface area (Å²) in [5.41, 5.74) is 0.0703. The summed E-state index contributed by atoms with van der Waals surface area (Å²) in [6, 6.07) is 10.9.